The summed E-state index contributed by atoms with van der Waals surface area (Å²) in [6.45, 7) is 6.75. The number of hydrogen-bond acceptors (Lipinski definition) is 0. The normalized spacial score (nSPS) is 20.8. The number of fused-ring (bicyclic) bond motifs is 7. The quantitative estimate of drug-likeness (QED) is 0.270. The smallest absolute Gasteiger partial charge is 0.195 e. The van der Waals surface area contributed by atoms with Crippen molar-refractivity contribution in [3.63, 3.8) is 0 Å². The predicted molar refractivity (Wildman–Crippen MR) is 143 cm³/mol. The van der Waals surface area contributed by atoms with E-state index < -0.39 is 0 Å². The van der Waals surface area contributed by atoms with Crippen molar-refractivity contribution >= 4 is 11.8 Å². The van der Waals surface area contributed by atoms with E-state index in [1.165, 1.54) is 44.8 Å². The van der Waals surface area contributed by atoms with Gasteiger partial charge in [0.2, 0.25) is 11.4 Å². The van der Waals surface area contributed by atoms with Crippen LogP contribution < -0.4 is 9.13 Å². The molecular weight excluding hydrogens is 424 g/mol. The van der Waals surface area contributed by atoms with Crippen molar-refractivity contribution in [2.24, 2.45) is 0 Å². The Labute approximate surface area is 207 Å². The first kappa shape index (κ1) is 21.5. The maximum atomic E-state index is 4.62. The van der Waals surface area contributed by atoms with Gasteiger partial charge in [0.25, 0.3) is 0 Å². The average molecular weight is 455 g/mol. The standard InChI is InChI=1S/C33H30N2/c1-3-27-24(2)22-33-30(28-14-7-8-15-29(28)32-17-9-10-21-35(32)33)16-11-20-34-23-26(18-19-31(27)34)25-12-5-4-6-13-25/h3-15,17-21,23,30,33H,2,16,22H2,1H3/q+2/b20-11+,27-3+. The molecule has 2 aliphatic heterocycles. The van der Waals surface area contributed by atoms with Crippen LogP contribution in [0.3, 0.4) is 0 Å². The van der Waals surface area contributed by atoms with E-state index in [1.54, 1.807) is 0 Å². The van der Waals surface area contributed by atoms with Crippen molar-refractivity contribution in [2.45, 2.75) is 31.7 Å². The molecule has 0 aliphatic carbocycles. The van der Waals surface area contributed by atoms with Crippen molar-refractivity contribution in [1.82, 2.24) is 0 Å². The van der Waals surface area contributed by atoms with Crippen LogP contribution in [0.4, 0.5) is 0 Å². The summed E-state index contributed by atoms with van der Waals surface area (Å²) >= 11 is 0. The zero-order valence-corrected chi connectivity index (χ0v) is 20.1. The lowest BCUT2D eigenvalue weighted by Gasteiger charge is -2.31. The maximum Gasteiger partial charge on any atom is 0.217 e. The van der Waals surface area contributed by atoms with Gasteiger partial charge in [-0.05, 0) is 54.3 Å². The average Bonchev–Trinajstić information content (AvgIpc) is 2.91. The Kier molecular flexibility index (Phi) is 5.50. The van der Waals surface area contributed by atoms with Crippen LogP contribution in [0.25, 0.3) is 34.2 Å². The molecule has 6 rings (SSSR count). The molecule has 0 amide bonds. The molecule has 0 saturated carbocycles. The second-order valence-corrected chi connectivity index (χ2v) is 9.46. The molecule has 4 heterocycles. The maximum absolute atomic E-state index is 4.62. The van der Waals surface area contributed by atoms with Crippen molar-refractivity contribution < 1.29 is 9.13 Å². The van der Waals surface area contributed by atoms with Gasteiger partial charge in [-0.25, -0.2) is 0 Å². The molecule has 0 spiro atoms. The zero-order valence-electron chi connectivity index (χ0n) is 20.1. The summed E-state index contributed by atoms with van der Waals surface area (Å²) in [5.41, 5.74) is 10.1. The van der Waals surface area contributed by atoms with Crippen LogP contribution in [-0.4, -0.2) is 0 Å². The lowest BCUT2D eigenvalue weighted by molar-refractivity contribution is -0.717. The van der Waals surface area contributed by atoms with Crippen LogP contribution in [0.15, 0.2) is 122 Å². The molecule has 2 aliphatic rings. The van der Waals surface area contributed by atoms with E-state index in [1.807, 2.05) is 0 Å². The SMILES string of the molecule is C=C1CC2C(C/C=C/[n+]3cc(-c4ccccc4)ccc3/C1=C/C)c1ccccc1-c1cccc[n+]12. The van der Waals surface area contributed by atoms with Crippen LogP contribution in [0.1, 0.15) is 43.0 Å². The number of aromatic nitrogens is 2. The highest BCUT2D eigenvalue weighted by Gasteiger charge is 2.40. The Morgan fingerprint density at radius 3 is 2.49 bits per heavy atom. The van der Waals surface area contributed by atoms with Gasteiger partial charge in [0.05, 0.1) is 5.92 Å². The van der Waals surface area contributed by atoms with Gasteiger partial charge in [-0.2, -0.15) is 9.13 Å². The van der Waals surface area contributed by atoms with Crippen LogP contribution in [0, 0.1) is 0 Å². The molecule has 0 saturated heterocycles. The second kappa shape index (κ2) is 8.96. The first-order chi connectivity index (χ1) is 17.2. The van der Waals surface area contributed by atoms with E-state index in [9.17, 15) is 0 Å². The van der Waals surface area contributed by atoms with Crippen molar-refractivity contribution in [3.05, 3.63) is 133 Å². The summed E-state index contributed by atoms with van der Waals surface area (Å²) in [7, 11) is 0. The minimum Gasteiger partial charge on any atom is -0.195 e. The number of nitrogens with zero attached hydrogens (tertiary/aromatic N) is 2. The van der Waals surface area contributed by atoms with E-state index >= 15 is 0 Å². The monoisotopic (exact) mass is 454 g/mol. The molecule has 35 heavy (non-hydrogen) atoms. The van der Waals surface area contributed by atoms with E-state index in [2.05, 4.69) is 138 Å². The van der Waals surface area contributed by atoms with E-state index in [0.717, 1.165) is 12.8 Å². The van der Waals surface area contributed by atoms with Crippen molar-refractivity contribution in [3.8, 4) is 22.4 Å². The fourth-order valence-electron chi connectivity index (χ4n) is 5.84. The highest BCUT2D eigenvalue weighted by Crippen LogP contribution is 2.43. The van der Waals surface area contributed by atoms with Gasteiger partial charge in [-0.1, -0.05) is 61.2 Å². The first-order valence-electron chi connectivity index (χ1n) is 12.5. The Hall–Kier alpha value is -4.04. The lowest BCUT2D eigenvalue weighted by atomic mass is 9.78. The third-order valence-corrected chi connectivity index (χ3v) is 7.49. The molecule has 2 heteroatoms. The molecule has 2 aromatic heterocycles. The topological polar surface area (TPSA) is 7.76 Å². The summed E-state index contributed by atoms with van der Waals surface area (Å²) < 4.78 is 4.76. The van der Waals surface area contributed by atoms with Gasteiger partial charge in [-0.3, -0.25) is 0 Å². The van der Waals surface area contributed by atoms with E-state index in [4.69, 9.17) is 0 Å². The number of allylic oxidation sites excluding steroid dienone is 4. The Balaban J connectivity index is 1.49. The summed E-state index contributed by atoms with van der Waals surface area (Å²) in [5.74, 6) is 0.386. The van der Waals surface area contributed by atoms with E-state index in [-0.39, 0.29) is 0 Å². The highest BCUT2D eigenvalue weighted by atomic mass is 15.0. The Bertz CT molecular complexity index is 1480. The first-order valence-corrected chi connectivity index (χ1v) is 12.5. The molecule has 0 radical (unpaired) electrons. The number of hydrogen-bond donors (Lipinski definition) is 0. The summed E-state index contributed by atoms with van der Waals surface area (Å²) in [6, 6.07) is 30.8. The molecule has 2 nitrogen and oxygen atoms in total. The zero-order chi connectivity index (χ0) is 23.8. The number of pyridine rings is 2. The predicted octanol–water partition coefficient (Wildman–Crippen LogP) is 7.16. The summed E-state index contributed by atoms with van der Waals surface area (Å²) in [6.07, 6.45) is 13.2. The van der Waals surface area contributed by atoms with Crippen LogP contribution in [0.5, 0.6) is 0 Å². The van der Waals surface area contributed by atoms with Gasteiger partial charge >= 0.3 is 0 Å². The number of rotatable bonds is 1. The largest absolute Gasteiger partial charge is 0.217 e. The summed E-state index contributed by atoms with van der Waals surface area (Å²) in [4.78, 5) is 0. The molecule has 170 valence electrons. The van der Waals surface area contributed by atoms with Crippen LogP contribution in [0.2, 0.25) is 0 Å². The molecule has 0 N–H and O–H groups in total. The van der Waals surface area contributed by atoms with Gasteiger partial charge in [0, 0.05) is 41.3 Å². The Morgan fingerprint density at radius 1 is 0.829 bits per heavy atom. The molecule has 0 bridgehead atoms. The third kappa shape index (κ3) is 3.76. The second-order valence-electron chi connectivity index (χ2n) is 9.46. The van der Waals surface area contributed by atoms with Crippen molar-refractivity contribution in [1.29, 1.82) is 0 Å². The molecule has 2 atom stereocenters. The van der Waals surface area contributed by atoms with Gasteiger partial charge in [0.15, 0.2) is 24.6 Å². The fraction of sp³-hybridized carbons (Fsp3) is 0.152. The van der Waals surface area contributed by atoms with E-state index in [0.29, 0.717) is 12.0 Å². The van der Waals surface area contributed by atoms with Gasteiger partial charge in [-0.15, -0.1) is 0 Å². The molecule has 4 aromatic rings. The molecule has 2 unspecified atom stereocenters. The lowest BCUT2D eigenvalue weighted by Crippen LogP contribution is -2.47. The summed E-state index contributed by atoms with van der Waals surface area (Å²) in [5, 5.41) is 0. The minimum absolute atomic E-state index is 0.323. The molecule has 2 aromatic carbocycles. The van der Waals surface area contributed by atoms with Gasteiger partial charge in [0.1, 0.15) is 0 Å². The van der Waals surface area contributed by atoms with Crippen LogP contribution >= 0.6 is 0 Å². The third-order valence-electron chi connectivity index (χ3n) is 7.49. The Morgan fingerprint density at radius 2 is 1.63 bits per heavy atom. The van der Waals surface area contributed by atoms with Crippen molar-refractivity contribution in [2.75, 3.05) is 0 Å². The minimum atomic E-state index is 0.323. The molecule has 0 fully saturated rings. The molecular formula is C33H30N2+2. The van der Waals surface area contributed by atoms with Gasteiger partial charge < -0.3 is 0 Å². The number of benzene rings is 2. The van der Waals surface area contributed by atoms with Crippen LogP contribution in [-0.2, 0) is 0 Å². The fourth-order valence-corrected chi connectivity index (χ4v) is 5.84. The highest BCUT2D eigenvalue weighted by molar-refractivity contribution is 5.76.